The standard InChI is InChI=1S/C14H17BrFN3/c1-4-11-13(15)12(19(3)18-11)8-17-14-9(2)6-5-7-10(14)16/h5-7,17H,4,8H2,1-3H3. The first-order valence-electron chi connectivity index (χ1n) is 6.23. The molecular formula is C14H17BrFN3. The third kappa shape index (κ3) is 2.81. The van der Waals surface area contributed by atoms with E-state index in [2.05, 4.69) is 33.3 Å². The Morgan fingerprint density at radius 1 is 1.42 bits per heavy atom. The molecule has 0 radical (unpaired) electrons. The molecule has 0 aliphatic heterocycles. The monoisotopic (exact) mass is 325 g/mol. The van der Waals surface area contributed by atoms with Crippen LogP contribution < -0.4 is 5.32 Å². The van der Waals surface area contributed by atoms with Gasteiger partial charge < -0.3 is 5.32 Å². The quantitative estimate of drug-likeness (QED) is 0.926. The van der Waals surface area contributed by atoms with Crippen molar-refractivity contribution in [1.29, 1.82) is 0 Å². The molecule has 19 heavy (non-hydrogen) atoms. The van der Waals surface area contributed by atoms with Crippen molar-refractivity contribution in [2.24, 2.45) is 7.05 Å². The number of nitrogens with one attached hydrogen (secondary N) is 1. The van der Waals surface area contributed by atoms with Gasteiger partial charge in [0, 0.05) is 7.05 Å². The van der Waals surface area contributed by atoms with Gasteiger partial charge in [-0.05, 0) is 40.9 Å². The van der Waals surface area contributed by atoms with Crippen LogP contribution in [-0.2, 0) is 20.0 Å². The van der Waals surface area contributed by atoms with E-state index in [0.717, 1.165) is 27.8 Å². The van der Waals surface area contributed by atoms with Crippen LogP contribution in [0.4, 0.5) is 10.1 Å². The van der Waals surface area contributed by atoms with E-state index >= 15 is 0 Å². The van der Waals surface area contributed by atoms with E-state index in [-0.39, 0.29) is 5.82 Å². The number of halogens is 2. The predicted molar refractivity (Wildman–Crippen MR) is 78.7 cm³/mol. The molecule has 1 N–H and O–H groups in total. The first kappa shape index (κ1) is 14.1. The third-order valence-electron chi connectivity index (χ3n) is 3.16. The summed E-state index contributed by atoms with van der Waals surface area (Å²) in [6, 6.07) is 5.07. The van der Waals surface area contributed by atoms with Crippen molar-refractivity contribution in [3.8, 4) is 0 Å². The summed E-state index contributed by atoms with van der Waals surface area (Å²) >= 11 is 3.56. The van der Waals surface area contributed by atoms with Crippen LogP contribution in [0.3, 0.4) is 0 Å². The van der Waals surface area contributed by atoms with Crippen molar-refractivity contribution < 1.29 is 4.39 Å². The number of anilines is 1. The van der Waals surface area contributed by atoms with Crippen LogP contribution in [0.25, 0.3) is 0 Å². The van der Waals surface area contributed by atoms with Crippen LogP contribution in [0.5, 0.6) is 0 Å². The first-order valence-corrected chi connectivity index (χ1v) is 7.03. The van der Waals surface area contributed by atoms with Crippen molar-refractivity contribution in [2.45, 2.75) is 26.8 Å². The molecule has 0 spiro atoms. The number of rotatable bonds is 4. The molecular weight excluding hydrogens is 309 g/mol. The number of aryl methyl sites for hydroxylation is 3. The zero-order valence-corrected chi connectivity index (χ0v) is 12.9. The molecule has 0 unspecified atom stereocenters. The molecule has 0 atom stereocenters. The second-order valence-corrected chi connectivity index (χ2v) is 5.26. The zero-order chi connectivity index (χ0) is 14.0. The maximum absolute atomic E-state index is 13.7. The third-order valence-corrected chi connectivity index (χ3v) is 4.07. The predicted octanol–water partition coefficient (Wildman–Crippen LogP) is 3.80. The summed E-state index contributed by atoms with van der Waals surface area (Å²) < 4.78 is 16.6. The molecule has 0 fully saturated rings. The molecule has 1 aromatic carbocycles. The molecule has 102 valence electrons. The summed E-state index contributed by atoms with van der Waals surface area (Å²) in [6.07, 6.45) is 0.868. The average Bonchev–Trinajstić information content (AvgIpc) is 2.65. The number of aromatic nitrogens is 2. The molecule has 0 aliphatic rings. The van der Waals surface area contributed by atoms with Crippen LogP contribution in [0.1, 0.15) is 23.9 Å². The molecule has 0 saturated carbocycles. The summed E-state index contributed by atoms with van der Waals surface area (Å²) in [5, 5.41) is 7.57. The molecule has 1 aromatic heterocycles. The minimum Gasteiger partial charge on any atom is -0.377 e. The number of hydrogen-bond acceptors (Lipinski definition) is 2. The average molecular weight is 326 g/mol. The fraction of sp³-hybridized carbons (Fsp3) is 0.357. The highest BCUT2D eigenvalue weighted by molar-refractivity contribution is 9.10. The molecule has 0 saturated heterocycles. The van der Waals surface area contributed by atoms with Gasteiger partial charge in [0.1, 0.15) is 5.82 Å². The molecule has 1 heterocycles. The summed E-state index contributed by atoms with van der Waals surface area (Å²) in [5.74, 6) is -0.228. The van der Waals surface area contributed by atoms with Crippen molar-refractivity contribution in [2.75, 3.05) is 5.32 Å². The minimum atomic E-state index is -0.228. The normalized spacial score (nSPS) is 10.8. The fourth-order valence-electron chi connectivity index (χ4n) is 2.04. The van der Waals surface area contributed by atoms with Crippen molar-refractivity contribution in [3.05, 3.63) is 45.4 Å². The molecule has 2 rings (SSSR count). The van der Waals surface area contributed by atoms with Gasteiger partial charge >= 0.3 is 0 Å². The molecule has 5 heteroatoms. The Kier molecular flexibility index (Phi) is 4.24. The van der Waals surface area contributed by atoms with Crippen LogP contribution >= 0.6 is 15.9 Å². The van der Waals surface area contributed by atoms with E-state index in [1.807, 2.05) is 24.7 Å². The second-order valence-electron chi connectivity index (χ2n) is 4.47. The number of hydrogen-bond donors (Lipinski definition) is 1. The summed E-state index contributed by atoms with van der Waals surface area (Å²) in [4.78, 5) is 0. The van der Waals surface area contributed by atoms with Gasteiger partial charge in [-0.15, -0.1) is 0 Å². The minimum absolute atomic E-state index is 0.228. The van der Waals surface area contributed by atoms with Crippen LogP contribution in [0.15, 0.2) is 22.7 Å². The van der Waals surface area contributed by atoms with E-state index in [0.29, 0.717) is 12.2 Å². The lowest BCUT2D eigenvalue weighted by atomic mass is 10.2. The Hall–Kier alpha value is -1.36. The van der Waals surface area contributed by atoms with Gasteiger partial charge in [-0.2, -0.15) is 5.10 Å². The van der Waals surface area contributed by atoms with Crippen molar-refractivity contribution >= 4 is 21.6 Å². The smallest absolute Gasteiger partial charge is 0.146 e. The zero-order valence-electron chi connectivity index (χ0n) is 11.3. The van der Waals surface area contributed by atoms with E-state index in [1.54, 1.807) is 6.07 Å². The first-order chi connectivity index (χ1) is 9.04. The highest BCUT2D eigenvalue weighted by atomic mass is 79.9. The fourth-order valence-corrected chi connectivity index (χ4v) is 2.80. The van der Waals surface area contributed by atoms with Gasteiger partial charge in [0.25, 0.3) is 0 Å². The number of nitrogens with zero attached hydrogens (tertiary/aromatic N) is 2. The lowest BCUT2D eigenvalue weighted by Crippen LogP contribution is -2.08. The Morgan fingerprint density at radius 2 is 2.16 bits per heavy atom. The van der Waals surface area contributed by atoms with E-state index in [1.165, 1.54) is 6.07 Å². The van der Waals surface area contributed by atoms with Gasteiger partial charge in [0.05, 0.1) is 28.1 Å². The van der Waals surface area contributed by atoms with Crippen LogP contribution in [0.2, 0.25) is 0 Å². The lowest BCUT2D eigenvalue weighted by Gasteiger charge is -2.11. The van der Waals surface area contributed by atoms with Gasteiger partial charge in [-0.1, -0.05) is 19.1 Å². The van der Waals surface area contributed by atoms with E-state index in [4.69, 9.17) is 0 Å². The van der Waals surface area contributed by atoms with E-state index in [9.17, 15) is 4.39 Å². The SMILES string of the molecule is CCc1nn(C)c(CNc2c(C)cccc2F)c1Br. The maximum Gasteiger partial charge on any atom is 0.146 e. The van der Waals surface area contributed by atoms with E-state index < -0.39 is 0 Å². The van der Waals surface area contributed by atoms with Crippen LogP contribution in [0, 0.1) is 12.7 Å². The molecule has 0 bridgehead atoms. The maximum atomic E-state index is 13.7. The summed E-state index contributed by atoms with van der Waals surface area (Å²) in [5.41, 5.74) is 3.48. The van der Waals surface area contributed by atoms with Crippen molar-refractivity contribution in [3.63, 3.8) is 0 Å². The molecule has 3 nitrogen and oxygen atoms in total. The van der Waals surface area contributed by atoms with Gasteiger partial charge in [0.2, 0.25) is 0 Å². The molecule has 2 aromatic rings. The Morgan fingerprint density at radius 3 is 2.74 bits per heavy atom. The van der Waals surface area contributed by atoms with Gasteiger partial charge in [-0.25, -0.2) is 4.39 Å². The topological polar surface area (TPSA) is 29.9 Å². The van der Waals surface area contributed by atoms with Crippen LogP contribution in [-0.4, -0.2) is 9.78 Å². The Balaban J connectivity index is 2.22. The number of benzene rings is 1. The Bertz CT molecular complexity index is 572. The number of para-hydroxylation sites is 1. The lowest BCUT2D eigenvalue weighted by molar-refractivity contribution is 0.627. The van der Waals surface area contributed by atoms with Gasteiger partial charge in [0.15, 0.2) is 0 Å². The second kappa shape index (κ2) is 5.74. The highest BCUT2D eigenvalue weighted by Gasteiger charge is 2.13. The highest BCUT2D eigenvalue weighted by Crippen LogP contribution is 2.24. The Labute approximate surface area is 121 Å². The van der Waals surface area contributed by atoms with Crippen molar-refractivity contribution in [1.82, 2.24) is 9.78 Å². The largest absolute Gasteiger partial charge is 0.377 e. The molecule has 0 aliphatic carbocycles. The summed E-state index contributed by atoms with van der Waals surface area (Å²) in [6.45, 7) is 4.48. The summed E-state index contributed by atoms with van der Waals surface area (Å²) in [7, 11) is 1.90. The van der Waals surface area contributed by atoms with Gasteiger partial charge in [-0.3, -0.25) is 4.68 Å². The molecule has 0 amide bonds.